The molecule has 1 aliphatic rings. The van der Waals surface area contributed by atoms with Gasteiger partial charge in [-0.05, 0) is 24.3 Å². The Morgan fingerprint density at radius 3 is 2.95 bits per heavy atom. The van der Waals surface area contributed by atoms with Crippen LogP contribution in [0.4, 0.5) is 10.2 Å². The minimum Gasteiger partial charge on any atom is -0.313 e. The fraction of sp³-hybridized carbons (Fsp3) is 0.400. The van der Waals surface area contributed by atoms with Gasteiger partial charge in [0.25, 0.3) is 0 Å². The first-order valence-corrected chi connectivity index (χ1v) is 6.91. The third-order valence-electron chi connectivity index (χ3n) is 3.95. The van der Waals surface area contributed by atoms with Gasteiger partial charge in [-0.2, -0.15) is 5.10 Å². The second-order valence-electron chi connectivity index (χ2n) is 6.13. The summed E-state index contributed by atoms with van der Waals surface area (Å²) in [6, 6.07) is 1.54. The predicted molar refractivity (Wildman–Crippen MR) is 77.2 cm³/mol. The lowest BCUT2D eigenvalue weighted by atomic mass is 9.81. The number of carbonyl (C=O) groups excluding carboxylic acids is 1. The Hall–Kier alpha value is -2.24. The van der Waals surface area contributed by atoms with E-state index in [1.807, 2.05) is 4.68 Å². The van der Waals surface area contributed by atoms with Gasteiger partial charge in [0.2, 0.25) is 6.41 Å². The normalized spacial score (nSPS) is 16.3. The molecule has 6 heteroatoms. The number of aryl methyl sites for hydroxylation is 1. The molecule has 0 saturated heterocycles. The number of anilines is 1. The third-order valence-corrected chi connectivity index (χ3v) is 3.95. The van der Waals surface area contributed by atoms with Crippen LogP contribution in [0, 0.1) is 11.2 Å². The number of pyridine rings is 1. The Morgan fingerprint density at radius 1 is 1.38 bits per heavy atom. The van der Waals surface area contributed by atoms with E-state index in [0.29, 0.717) is 17.8 Å². The zero-order valence-corrected chi connectivity index (χ0v) is 12.1. The maximum atomic E-state index is 14.1. The number of amides is 1. The zero-order chi connectivity index (χ0) is 15.0. The van der Waals surface area contributed by atoms with Gasteiger partial charge in [0, 0.05) is 23.4 Å². The van der Waals surface area contributed by atoms with Crippen molar-refractivity contribution < 1.29 is 9.18 Å². The molecular formula is C15H17FN4O. The van der Waals surface area contributed by atoms with Gasteiger partial charge in [0.15, 0.2) is 0 Å². The molecule has 0 aliphatic carbocycles. The highest BCUT2D eigenvalue weighted by Gasteiger charge is 2.29. The van der Waals surface area contributed by atoms with Gasteiger partial charge in [0.05, 0.1) is 12.4 Å². The van der Waals surface area contributed by atoms with Crippen LogP contribution < -0.4 is 5.32 Å². The molecule has 0 saturated carbocycles. The lowest BCUT2D eigenvalue weighted by Gasteiger charge is -2.30. The molecule has 3 rings (SSSR count). The SMILES string of the molecule is CC1(C)CCn2ncc(-c3cc(NC=O)ncc3F)c2C1. The maximum Gasteiger partial charge on any atom is 0.212 e. The first-order chi connectivity index (χ1) is 10.00. The molecule has 0 unspecified atom stereocenters. The van der Waals surface area contributed by atoms with Crippen LogP contribution in [0.2, 0.25) is 0 Å². The summed E-state index contributed by atoms with van der Waals surface area (Å²) in [4.78, 5) is 14.3. The Kier molecular flexibility index (Phi) is 3.23. The summed E-state index contributed by atoms with van der Waals surface area (Å²) in [6.07, 6.45) is 5.25. The molecule has 1 amide bonds. The van der Waals surface area contributed by atoms with Crippen molar-refractivity contribution >= 4 is 12.2 Å². The minimum absolute atomic E-state index is 0.179. The van der Waals surface area contributed by atoms with Crippen LogP contribution in [0.1, 0.15) is 26.0 Å². The van der Waals surface area contributed by atoms with Crippen molar-refractivity contribution in [2.45, 2.75) is 33.2 Å². The lowest BCUT2D eigenvalue weighted by Crippen LogP contribution is -2.26. The number of aromatic nitrogens is 3. The lowest BCUT2D eigenvalue weighted by molar-refractivity contribution is -0.105. The van der Waals surface area contributed by atoms with E-state index in [2.05, 4.69) is 29.2 Å². The molecule has 0 atom stereocenters. The Balaban J connectivity index is 2.08. The van der Waals surface area contributed by atoms with E-state index in [1.54, 1.807) is 12.3 Å². The van der Waals surface area contributed by atoms with Gasteiger partial charge < -0.3 is 5.32 Å². The standard InChI is InChI=1S/C15H17FN4O/c1-15(2)3-4-20-13(6-15)11(7-19-20)10-5-14(18-9-21)17-8-12(10)16/h5,7-9H,3-4,6H2,1-2H3,(H,17,18,21). The number of rotatable bonds is 3. The molecule has 5 nitrogen and oxygen atoms in total. The Morgan fingerprint density at radius 2 is 2.19 bits per heavy atom. The van der Waals surface area contributed by atoms with Crippen molar-refractivity contribution in [2.24, 2.45) is 5.41 Å². The largest absolute Gasteiger partial charge is 0.313 e. The molecule has 0 aromatic carbocycles. The third kappa shape index (κ3) is 2.53. The molecular weight excluding hydrogens is 271 g/mol. The highest BCUT2D eigenvalue weighted by Crippen LogP contribution is 2.37. The van der Waals surface area contributed by atoms with E-state index < -0.39 is 5.82 Å². The Labute approximate surface area is 122 Å². The van der Waals surface area contributed by atoms with Crippen LogP contribution in [0.25, 0.3) is 11.1 Å². The summed E-state index contributed by atoms with van der Waals surface area (Å²) >= 11 is 0. The van der Waals surface area contributed by atoms with Crippen molar-refractivity contribution in [3.05, 3.63) is 30.0 Å². The molecule has 3 heterocycles. The molecule has 2 aromatic rings. The van der Waals surface area contributed by atoms with E-state index in [1.165, 1.54) is 0 Å². The van der Waals surface area contributed by atoms with E-state index in [9.17, 15) is 9.18 Å². The second-order valence-corrected chi connectivity index (χ2v) is 6.13. The quantitative estimate of drug-likeness (QED) is 0.883. The molecule has 1 N–H and O–H groups in total. The van der Waals surface area contributed by atoms with Crippen LogP contribution in [0.3, 0.4) is 0 Å². The molecule has 110 valence electrons. The fourth-order valence-corrected chi connectivity index (χ4v) is 2.75. The van der Waals surface area contributed by atoms with Crippen molar-refractivity contribution in [3.8, 4) is 11.1 Å². The van der Waals surface area contributed by atoms with Crippen LogP contribution >= 0.6 is 0 Å². The average Bonchev–Trinajstić information content (AvgIpc) is 2.82. The molecule has 0 spiro atoms. The van der Waals surface area contributed by atoms with Gasteiger partial charge in [0.1, 0.15) is 11.6 Å². The van der Waals surface area contributed by atoms with Gasteiger partial charge in [-0.15, -0.1) is 0 Å². The highest BCUT2D eigenvalue weighted by molar-refractivity contribution is 5.74. The molecule has 0 radical (unpaired) electrons. The van der Waals surface area contributed by atoms with Gasteiger partial charge in [-0.1, -0.05) is 13.8 Å². The fourth-order valence-electron chi connectivity index (χ4n) is 2.75. The summed E-state index contributed by atoms with van der Waals surface area (Å²) in [5, 5.41) is 6.80. The minimum atomic E-state index is -0.411. The van der Waals surface area contributed by atoms with Crippen LogP contribution in [0.15, 0.2) is 18.5 Å². The van der Waals surface area contributed by atoms with E-state index in [4.69, 9.17) is 0 Å². The first kappa shape index (κ1) is 13.7. The summed E-state index contributed by atoms with van der Waals surface area (Å²) in [6.45, 7) is 5.25. The summed E-state index contributed by atoms with van der Waals surface area (Å²) in [7, 11) is 0. The van der Waals surface area contributed by atoms with Gasteiger partial charge >= 0.3 is 0 Å². The second kappa shape index (κ2) is 4.95. The van der Waals surface area contributed by atoms with Crippen molar-refractivity contribution in [1.82, 2.24) is 14.8 Å². The molecule has 1 aliphatic heterocycles. The number of hydrogen-bond donors (Lipinski definition) is 1. The number of hydrogen-bond acceptors (Lipinski definition) is 3. The zero-order valence-electron chi connectivity index (χ0n) is 12.1. The average molecular weight is 288 g/mol. The number of halogens is 1. The van der Waals surface area contributed by atoms with E-state index >= 15 is 0 Å². The Bertz CT molecular complexity index is 693. The number of nitrogens with one attached hydrogen (secondary N) is 1. The summed E-state index contributed by atoms with van der Waals surface area (Å²) in [5.41, 5.74) is 2.41. The first-order valence-electron chi connectivity index (χ1n) is 6.91. The molecule has 21 heavy (non-hydrogen) atoms. The molecule has 0 bridgehead atoms. The van der Waals surface area contributed by atoms with Crippen molar-refractivity contribution in [3.63, 3.8) is 0 Å². The number of nitrogens with zero attached hydrogens (tertiary/aromatic N) is 3. The highest BCUT2D eigenvalue weighted by atomic mass is 19.1. The van der Waals surface area contributed by atoms with Crippen LogP contribution in [-0.2, 0) is 17.8 Å². The van der Waals surface area contributed by atoms with E-state index in [-0.39, 0.29) is 5.41 Å². The monoisotopic (exact) mass is 288 g/mol. The van der Waals surface area contributed by atoms with E-state index in [0.717, 1.165) is 36.8 Å². The smallest absolute Gasteiger partial charge is 0.212 e. The summed E-state index contributed by atoms with van der Waals surface area (Å²) in [5.74, 6) is -0.0814. The molecule has 2 aromatic heterocycles. The number of carbonyl (C=O) groups is 1. The van der Waals surface area contributed by atoms with Crippen molar-refractivity contribution in [1.29, 1.82) is 0 Å². The topological polar surface area (TPSA) is 59.8 Å². The van der Waals surface area contributed by atoms with Crippen LogP contribution in [0.5, 0.6) is 0 Å². The van der Waals surface area contributed by atoms with Crippen molar-refractivity contribution in [2.75, 3.05) is 5.32 Å². The van der Waals surface area contributed by atoms with Crippen LogP contribution in [-0.4, -0.2) is 21.2 Å². The molecule has 0 fully saturated rings. The van der Waals surface area contributed by atoms with Gasteiger partial charge in [-0.3, -0.25) is 9.48 Å². The summed E-state index contributed by atoms with van der Waals surface area (Å²) < 4.78 is 16.1. The van der Waals surface area contributed by atoms with Gasteiger partial charge in [-0.25, -0.2) is 9.37 Å². The predicted octanol–water partition coefficient (Wildman–Crippen LogP) is 2.62. The number of fused-ring (bicyclic) bond motifs is 1. The maximum absolute atomic E-state index is 14.1.